The van der Waals surface area contributed by atoms with Gasteiger partial charge in [-0.15, -0.1) is 0 Å². The van der Waals surface area contributed by atoms with E-state index in [-0.39, 0.29) is 5.75 Å². The minimum Gasteiger partial charge on any atom is -0.223 e. The first-order valence-electron chi connectivity index (χ1n) is 5.91. The van der Waals surface area contributed by atoms with Crippen molar-refractivity contribution in [1.29, 1.82) is 5.26 Å². The van der Waals surface area contributed by atoms with Crippen LogP contribution in [0.3, 0.4) is 0 Å². The van der Waals surface area contributed by atoms with Crippen molar-refractivity contribution in [1.82, 2.24) is 0 Å². The second-order valence-corrected chi connectivity index (χ2v) is 6.81. The van der Waals surface area contributed by atoms with Gasteiger partial charge in [0.25, 0.3) is 0 Å². The van der Waals surface area contributed by atoms with Crippen LogP contribution < -0.4 is 0 Å². The maximum Gasteiger partial charge on any atom is 0.182 e. The van der Waals surface area contributed by atoms with E-state index < -0.39 is 9.84 Å². The van der Waals surface area contributed by atoms with Crippen LogP contribution in [0.4, 0.5) is 0 Å². The highest BCUT2D eigenvalue weighted by Crippen LogP contribution is 2.24. The Morgan fingerprint density at radius 2 is 1.90 bits per heavy atom. The number of aryl methyl sites for hydroxylation is 1. The number of nitriles is 1. The van der Waals surface area contributed by atoms with Gasteiger partial charge < -0.3 is 0 Å². The number of hydrogen-bond donors (Lipinski definition) is 0. The van der Waals surface area contributed by atoms with Gasteiger partial charge >= 0.3 is 0 Å². The van der Waals surface area contributed by atoms with Crippen molar-refractivity contribution in [3.63, 3.8) is 0 Å². The average molecular weight is 306 g/mol. The molecule has 0 unspecified atom stereocenters. The fourth-order valence-electron chi connectivity index (χ4n) is 1.92. The van der Waals surface area contributed by atoms with Gasteiger partial charge in [-0.2, -0.15) is 5.26 Å². The smallest absolute Gasteiger partial charge is 0.182 e. The summed E-state index contributed by atoms with van der Waals surface area (Å²) in [7, 11) is -3.45. The van der Waals surface area contributed by atoms with E-state index in [1.165, 1.54) is 6.07 Å². The Balaban J connectivity index is 2.40. The van der Waals surface area contributed by atoms with Gasteiger partial charge in [0, 0.05) is 5.02 Å². The van der Waals surface area contributed by atoms with Crippen molar-refractivity contribution in [3.8, 4) is 6.07 Å². The molecule has 0 N–H and O–H groups in total. The van der Waals surface area contributed by atoms with Crippen LogP contribution >= 0.6 is 11.6 Å². The molecule has 20 heavy (non-hydrogen) atoms. The van der Waals surface area contributed by atoms with Crippen LogP contribution in [0.1, 0.15) is 16.7 Å². The van der Waals surface area contributed by atoms with E-state index in [2.05, 4.69) is 0 Å². The van der Waals surface area contributed by atoms with Crippen LogP contribution in [0.2, 0.25) is 5.02 Å². The average Bonchev–Trinajstić information content (AvgIpc) is 2.41. The predicted octanol–water partition coefficient (Wildman–Crippen LogP) is 3.49. The van der Waals surface area contributed by atoms with Crippen LogP contribution in [0.25, 0.3) is 0 Å². The molecule has 5 heteroatoms. The summed E-state index contributed by atoms with van der Waals surface area (Å²) in [5.41, 5.74) is 1.61. The molecule has 0 aliphatic carbocycles. The molecule has 0 amide bonds. The van der Waals surface area contributed by atoms with E-state index in [1.54, 1.807) is 43.3 Å². The van der Waals surface area contributed by atoms with E-state index in [4.69, 9.17) is 16.9 Å². The molecule has 2 rings (SSSR count). The first-order chi connectivity index (χ1) is 9.44. The van der Waals surface area contributed by atoms with Crippen LogP contribution in [0, 0.1) is 18.3 Å². The number of halogens is 1. The molecule has 0 heterocycles. The molecule has 2 aromatic carbocycles. The highest BCUT2D eigenvalue weighted by Gasteiger charge is 2.18. The predicted molar refractivity (Wildman–Crippen MR) is 78.2 cm³/mol. The normalized spacial score (nSPS) is 11.1. The van der Waals surface area contributed by atoms with Crippen molar-refractivity contribution in [3.05, 3.63) is 64.2 Å². The molecule has 0 aliphatic heterocycles. The summed E-state index contributed by atoms with van der Waals surface area (Å²) in [6.07, 6.45) is 0. The lowest BCUT2D eigenvalue weighted by molar-refractivity contribution is 0.594. The third-order valence-corrected chi connectivity index (χ3v) is 5.13. The van der Waals surface area contributed by atoms with Gasteiger partial charge in [-0.25, -0.2) is 8.42 Å². The van der Waals surface area contributed by atoms with E-state index in [0.717, 1.165) is 0 Å². The molecule has 2 aromatic rings. The Labute approximate surface area is 123 Å². The fraction of sp³-hybridized carbons (Fsp3) is 0.133. The highest BCUT2D eigenvalue weighted by molar-refractivity contribution is 7.90. The number of benzene rings is 2. The van der Waals surface area contributed by atoms with Crippen LogP contribution in [-0.2, 0) is 15.6 Å². The highest BCUT2D eigenvalue weighted by atomic mass is 35.5. The molecule has 0 spiro atoms. The molecule has 102 valence electrons. The van der Waals surface area contributed by atoms with Gasteiger partial charge in [-0.3, -0.25) is 0 Å². The zero-order valence-electron chi connectivity index (χ0n) is 10.8. The number of rotatable bonds is 3. The topological polar surface area (TPSA) is 57.9 Å². The number of nitrogens with zero attached hydrogens (tertiary/aromatic N) is 1. The van der Waals surface area contributed by atoms with Gasteiger partial charge in [-0.1, -0.05) is 35.9 Å². The number of hydrogen-bond acceptors (Lipinski definition) is 3. The summed E-state index contributed by atoms with van der Waals surface area (Å²) < 4.78 is 24.8. The lowest BCUT2D eigenvalue weighted by atomic mass is 10.2. The van der Waals surface area contributed by atoms with Crippen molar-refractivity contribution in [2.75, 3.05) is 0 Å². The molecular weight excluding hydrogens is 294 g/mol. The zero-order chi connectivity index (χ0) is 14.8. The Kier molecular flexibility index (Phi) is 4.12. The monoisotopic (exact) mass is 305 g/mol. The lowest BCUT2D eigenvalue weighted by Crippen LogP contribution is -2.07. The molecule has 0 aromatic heterocycles. The SMILES string of the molecule is Cc1ccccc1S(=O)(=O)Cc1ccc(C#N)cc1Cl. The summed E-state index contributed by atoms with van der Waals surface area (Å²) in [6, 6.07) is 13.4. The fourth-order valence-corrected chi connectivity index (χ4v) is 3.91. The van der Waals surface area contributed by atoms with Crippen molar-refractivity contribution >= 4 is 21.4 Å². The summed E-state index contributed by atoms with van der Waals surface area (Å²) in [6.45, 7) is 1.76. The van der Waals surface area contributed by atoms with Gasteiger partial charge in [0.1, 0.15) is 0 Å². The summed E-state index contributed by atoms with van der Waals surface area (Å²) in [5.74, 6) is -0.178. The summed E-state index contributed by atoms with van der Waals surface area (Å²) in [4.78, 5) is 0.306. The third kappa shape index (κ3) is 3.01. The quantitative estimate of drug-likeness (QED) is 0.872. The van der Waals surface area contributed by atoms with Crippen molar-refractivity contribution in [2.24, 2.45) is 0 Å². The minimum absolute atomic E-state index is 0.178. The van der Waals surface area contributed by atoms with Crippen LogP contribution in [-0.4, -0.2) is 8.42 Å². The van der Waals surface area contributed by atoms with E-state index in [1.807, 2.05) is 6.07 Å². The van der Waals surface area contributed by atoms with E-state index >= 15 is 0 Å². The molecule has 0 fully saturated rings. The minimum atomic E-state index is -3.45. The lowest BCUT2D eigenvalue weighted by Gasteiger charge is -2.09. The van der Waals surface area contributed by atoms with Crippen LogP contribution in [0.15, 0.2) is 47.4 Å². The first kappa shape index (κ1) is 14.6. The van der Waals surface area contributed by atoms with Crippen molar-refractivity contribution in [2.45, 2.75) is 17.6 Å². The first-order valence-corrected chi connectivity index (χ1v) is 7.94. The molecule has 0 bridgehead atoms. The standard InChI is InChI=1S/C15H12ClNO2S/c1-11-4-2-3-5-15(11)20(18,19)10-13-7-6-12(9-17)8-14(13)16/h2-8H,10H2,1H3. The summed E-state index contributed by atoms with van der Waals surface area (Å²) in [5, 5.41) is 9.07. The second-order valence-electron chi connectivity index (χ2n) is 4.44. The Bertz CT molecular complexity index is 792. The second kappa shape index (κ2) is 5.66. The van der Waals surface area contributed by atoms with Gasteiger partial charge in [0.15, 0.2) is 9.84 Å². The number of sulfone groups is 1. The molecular formula is C15H12ClNO2S. The Hall–Kier alpha value is -1.83. The molecule has 0 saturated carbocycles. The van der Waals surface area contributed by atoms with E-state index in [0.29, 0.717) is 26.6 Å². The van der Waals surface area contributed by atoms with Gasteiger partial charge in [0.05, 0.1) is 22.3 Å². The molecule has 0 saturated heterocycles. The molecule has 3 nitrogen and oxygen atoms in total. The van der Waals surface area contributed by atoms with Crippen molar-refractivity contribution < 1.29 is 8.42 Å². The van der Waals surface area contributed by atoms with Gasteiger partial charge in [0.2, 0.25) is 0 Å². The largest absolute Gasteiger partial charge is 0.223 e. The maximum absolute atomic E-state index is 12.4. The Morgan fingerprint density at radius 1 is 1.20 bits per heavy atom. The molecule has 0 atom stereocenters. The Morgan fingerprint density at radius 3 is 2.50 bits per heavy atom. The maximum atomic E-state index is 12.4. The molecule has 0 radical (unpaired) electrons. The van der Waals surface area contributed by atoms with E-state index in [9.17, 15) is 8.42 Å². The van der Waals surface area contributed by atoms with Crippen LogP contribution in [0.5, 0.6) is 0 Å². The third-order valence-electron chi connectivity index (χ3n) is 2.96. The zero-order valence-corrected chi connectivity index (χ0v) is 12.4. The summed E-state index contributed by atoms with van der Waals surface area (Å²) >= 11 is 6.03. The van der Waals surface area contributed by atoms with Gasteiger partial charge in [-0.05, 0) is 36.2 Å². The molecule has 0 aliphatic rings.